The Kier molecular flexibility index (Phi) is 6.79. The Morgan fingerprint density at radius 3 is 2.35 bits per heavy atom. The number of anilines is 2. The maximum atomic E-state index is 13.1. The fourth-order valence-corrected chi connectivity index (χ4v) is 6.17. The van der Waals surface area contributed by atoms with Crippen LogP contribution in [0.25, 0.3) is 0 Å². The Labute approximate surface area is 188 Å². The van der Waals surface area contributed by atoms with Crippen molar-refractivity contribution < 1.29 is 13.2 Å². The zero-order chi connectivity index (χ0) is 21.8. The van der Waals surface area contributed by atoms with E-state index < -0.39 is 10.0 Å². The number of halogens is 1. The van der Waals surface area contributed by atoms with Gasteiger partial charge in [0.2, 0.25) is 10.0 Å². The highest BCUT2D eigenvalue weighted by atomic mass is 35.5. The number of sulfonamides is 1. The second-order valence-electron chi connectivity index (χ2n) is 7.99. The smallest absolute Gasteiger partial charge is 0.259 e. The molecule has 1 aromatic carbocycles. The Hall–Kier alpha value is -2.16. The van der Waals surface area contributed by atoms with Crippen molar-refractivity contribution in [2.45, 2.75) is 43.4 Å². The van der Waals surface area contributed by atoms with Crippen molar-refractivity contribution in [1.82, 2.24) is 9.29 Å². The summed E-state index contributed by atoms with van der Waals surface area (Å²) >= 11 is 6.25. The molecular weight excluding hydrogens is 436 g/mol. The van der Waals surface area contributed by atoms with Crippen LogP contribution >= 0.6 is 11.6 Å². The molecule has 0 unspecified atom stereocenters. The zero-order valence-electron chi connectivity index (χ0n) is 17.4. The van der Waals surface area contributed by atoms with Gasteiger partial charge in [0.05, 0.1) is 10.6 Å². The van der Waals surface area contributed by atoms with Crippen molar-refractivity contribution in [3.63, 3.8) is 0 Å². The first-order valence-electron chi connectivity index (χ1n) is 10.8. The molecule has 9 heteroatoms. The molecule has 0 bridgehead atoms. The molecule has 3 heterocycles. The minimum Gasteiger partial charge on any atom is -0.356 e. The Morgan fingerprint density at radius 2 is 1.65 bits per heavy atom. The van der Waals surface area contributed by atoms with Crippen molar-refractivity contribution in [3.8, 4) is 0 Å². The number of rotatable bonds is 5. The average Bonchev–Trinajstić information content (AvgIpc) is 2.81. The largest absolute Gasteiger partial charge is 0.356 e. The predicted octanol–water partition coefficient (Wildman–Crippen LogP) is 4.15. The van der Waals surface area contributed by atoms with Crippen molar-refractivity contribution in [1.29, 1.82) is 0 Å². The Balaban J connectivity index is 1.58. The molecule has 166 valence electrons. The SMILES string of the molecule is O=C(Nc1ccc(Cl)c(S(=O)(=O)N2CCCCC2)c1)c1cccnc1N1CCCCC1. The topological polar surface area (TPSA) is 82.6 Å². The first-order chi connectivity index (χ1) is 15.0. The minimum atomic E-state index is -3.71. The molecule has 0 saturated carbocycles. The number of pyridine rings is 1. The van der Waals surface area contributed by atoms with Gasteiger partial charge in [0, 0.05) is 38.1 Å². The quantitative estimate of drug-likeness (QED) is 0.721. The Bertz CT molecular complexity index is 1050. The van der Waals surface area contributed by atoms with Gasteiger partial charge in [-0.3, -0.25) is 4.79 Å². The number of nitrogens with one attached hydrogen (secondary N) is 1. The zero-order valence-corrected chi connectivity index (χ0v) is 19.0. The minimum absolute atomic E-state index is 0.0244. The maximum absolute atomic E-state index is 13.1. The van der Waals surface area contributed by atoms with Gasteiger partial charge in [-0.2, -0.15) is 4.31 Å². The third kappa shape index (κ3) is 4.86. The van der Waals surface area contributed by atoms with E-state index >= 15 is 0 Å². The lowest BCUT2D eigenvalue weighted by Crippen LogP contribution is -2.35. The molecule has 2 aliphatic rings. The molecule has 2 aliphatic heterocycles. The summed E-state index contributed by atoms with van der Waals surface area (Å²) in [4.78, 5) is 19.6. The molecule has 2 fully saturated rings. The van der Waals surface area contributed by atoms with E-state index in [1.807, 2.05) is 0 Å². The third-order valence-corrected chi connectivity index (χ3v) is 8.19. The lowest BCUT2D eigenvalue weighted by Gasteiger charge is -2.29. The van der Waals surface area contributed by atoms with Gasteiger partial charge < -0.3 is 10.2 Å². The summed E-state index contributed by atoms with van der Waals surface area (Å²) < 4.78 is 27.6. The molecule has 1 aromatic heterocycles. The van der Waals surface area contributed by atoms with Crippen LogP contribution in [0, 0.1) is 0 Å². The molecule has 2 aromatic rings. The summed E-state index contributed by atoms with van der Waals surface area (Å²) in [7, 11) is -3.71. The van der Waals surface area contributed by atoms with Crippen molar-refractivity contribution in [2.75, 3.05) is 36.4 Å². The van der Waals surface area contributed by atoms with Crippen molar-refractivity contribution in [2.24, 2.45) is 0 Å². The highest BCUT2D eigenvalue weighted by Crippen LogP contribution is 2.30. The maximum Gasteiger partial charge on any atom is 0.259 e. The van der Waals surface area contributed by atoms with Crippen LogP contribution in [0.5, 0.6) is 0 Å². The summed E-state index contributed by atoms with van der Waals surface area (Å²) in [6, 6.07) is 8.06. The standard InChI is InChI=1S/C22H27ClN4O3S/c23-19-10-9-17(16-20(19)31(29,30)27-14-5-2-6-15-27)25-22(28)18-8-7-11-24-21(18)26-12-3-1-4-13-26/h7-11,16H,1-6,12-15H2,(H,25,28). The van der Waals surface area contributed by atoms with Crippen LogP contribution in [0.3, 0.4) is 0 Å². The van der Waals surface area contributed by atoms with Gasteiger partial charge in [-0.05, 0) is 62.4 Å². The lowest BCUT2D eigenvalue weighted by molar-refractivity contribution is 0.102. The van der Waals surface area contributed by atoms with Crippen LogP contribution < -0.4 is 10.2 Å². The second kappa shape index (κ2) is 9.54. The summed E-state index contributed by atoms with van der Waals surface area (Å²) in [5, 5.41) is 2.98. The number of benzene rings is 1. The summed E-state index contributed by atoms with van der Waals surface area (Å²) in [5.41, 5.74) is 0.859. The van der Waals surface area contributed by atoms with Gasteiger partial charge in [-0.1, -0.05) is 18.0 Å². The van der Waals surface area contributed by atoms with E-state index in [9.17, 15) is 13.2 Å². The normalized spacial score (nSPS) is 18.0. The first kappa shape index (κ1) is 22.0. The van der Waals surface area contributed by atoms with E-state index in [0.717, 1.165) is 45.2 Å². The predicted molar refractivity (Wildman–Crippen MR) is 122 cm³/mol. The molecule has 4 rings (SSSR count). The van der Waals surface area contributed by atoms with Crippen LogP contribution in [0.15, 0.2) is 41.4 Å². The lowest BCUT2D eigenvalue weighted by atomic mass is 10.1. The molecule has 0 radical (unpaired) electrons. The fraction of sp³-hybridized carbons (Fsp3) is 0.455. The average molecular weight is 463 g/mol. The van der Waals surface area contributed by atoms with E-state index in [2.05, 4.69) is 15.2 Å². The first-order valence-corrected chi connectivity index (χ1v) is 12.6. The molecule has 0 aliphatic carbocycles. The molecule has 7 nitrogen and oxygen atoms in total. The third-order valence-electron chi connectivity index (χ3n) is 5.81. The highest BCUT2D eigenvalue weighted by molar-refractivity contribution is 7.89. The number of hydrogen-bond acceptors (Lipinski definition) is 5. The van der Waals surface area contributed by atoms with Gasteiger partial charge in [0.15, 0.2) is 0 Å². The molecule has 0 spiro atoms. The Morgan fingerprint density at radius 1 is 0.968 bits per heavy atom. The number of nitrogens with zero attached hydrogens (tertiary/aromatic N) is 3. The summed E-state index contributed by atoms with van der Waals surface area (Å²) in [6.45, 7) is 2.72. The van der Waals surface area contributed by atoms with Gasteiger partial charge >= 0.3 is 0 Å². The van der Waals surface area contributed by atoms with E-state index in [4.69, 9.17) is 11.6 Å². The fourth-order valence-electron chi connectivity index (χ4n) is 4.15. The van der Waals surface area contributed by atoms with Gasteiger partial charge in [0.1, 0.15) is 10.7 Å². The number of piperidine rings is 2. The van der Waals surface area contributed by atoms with Crippen LogP contribution in [0.2, 0.25) is 5.02 Å². The summed E-state index contributed by atoms with van der Waals surface area (Å²) in [5.74, 6) is 0.340. The van der Waals surface area contributed by atoms with Crippen LogP contribution in [-0.2, 0) is 10.0 Å². The summed E-state index contributed by atoms with van der Waals surface area (Å²) in [6.07, 6.45) is 7.73. The second-order valence-corrected chi connectivity index (χ2v) is 10.3. The number of carbonyl (C=O) groups is 1. The highest BCUT2D eigenvalue weighted by Gasteiger charge is 2.28. The molecule has 1 N–H and O–H groups in total. The van der Waals surface area contributed by atoms with E-state index in [1.54, 1.807) is 24.4 Å². The van der Waals surface area contributed by atoms with E-state index in [1.165, 1.54) is 22.9 Å². The van der Waals surface area contributed by atoms with Crippen molar-refractivity contribution in [3.05, 3.63) is 47.1 Å². The van der Waals surface area contributed by atoms with Crippen molar-refractivity contribution >= 4 is 39.0 Å². The van der Waals surface area contributed by atoms with Crippen LogP contribution in [-0.4, -0.2) is 49.8 Å². The van der Waals surface area contributed by atoms with Gasteiger partial charge in [-0.25, -0.2) is 13.4 Å². The molecule has 31 heavy (non-hydrogen) atoms. The molecular formula is C22H27ClN4O3S. The molecule has 1 amide bonds. The van der Waals surface area contributed by atoms with Gasteiger partial charge in [0.25, 0.3) is 5.91 Å². The van der Waals surface area contributed by atoms with E-state index in [0.29, 0.717) is 30.2 Å². The van der Waals surface area contributed by atoms with Gasteiger partial charge in [-0.15, -0.1) is 0 Å². The number of hydrogen-bond donors (Lipinski definition) is 1. The van der Waals surface area contributed by atoms with E-state index in [-0.39, 0.29) is 15.8 Å². The number of aromatic nitrogens is 1. The van der Waals surface area contributed by atoms with Crippen LogP contribution in [0.4, 0.5) is 11.5 Å². The monoisotopic (exact) mass is 462 g/mol. The molecule has 2 saturated heterocycles. The van der Waals surface area contributed by atoms with Crippen LogP contribution in [0.1, 0.15) is 48.9 Å². The number of carbonyl (C=O) groups excluding carboxylic acids is 1. The number of amides is 1. The molecule has 0 atom stereocenters.